The van der Waals surface area contributed by atoms with Crippen molar-refractivity contribution in [3.05, 3.63) is 20.8 Å². The van der Waals surface area contributed by atoms with Gasteiger partial charge >= 0.3 is 12.1 Å². The summed E-state index contributed by atoms with van der Waals surface area (Å²) in [6, 6.07) is 0.938. The summed E-state index contributed by atoms with van der Waals surface area (Å²) < 4.78 is 14.4. The van der Waals surface area contributed by atoms with Crippen LogP contribution in [0, 0.1) is 0 Å². The van der Waals surface area contributed by atoms with E-state index < -0.39 is 37.7 Å². The van der Waals surface area contributed by atoms with Gasteiger partial charge in [0.2, 0.25) is 10.5 Å². The highest BCUT2D eigenvalue weighted by molar-refractivity contribution is 9.10. The summed E-state index contributed by atoms with van der Waals surface area (Å²) >= 11 is 3.23. The van der Waals surface area contributed by atoms with Gasteiger partial charge in [0, 0.05) is 40.9 Å². The number of carbonyl (C=O) groups is 2. The van der Waals surface area contributed by atoms with Crippen molar-refractivity contribution in [2.45, 2.75) is 65.2 Å². The lowest BCUT2D eigenvalue weighted by Crippen LogP contribution is -2.51. The van der Waals surface area contributed by atoms with Gasteiger partial charge in [0.05, 0.1) is 12.1 Å². The molecule has 0 saturated carbocycles. The van der Waals surface area contributed by atoms with Crippen LogP contribution in [-0.4, -0.2) is 87.7 Å². The Labute approximate surface area is 219 Å². The smallest absolute Gasteiger partial charge is 0.410 e. The van der Waals surface area contributed by atoms with Crippen LogP contribution in [0.25, 0.3) is 5.78 Å². The number of aliphatic carboxylic acids is 1. The number of piperazine rings is 1. The molecule has 1 amide bonds. The summed E-state index contributed by atoms with van der Waals surface area (Å²) in [6.07, 6.45) is -0.813. The van der Waals surface area contributed by atoms with Gasteiger partial charge in [-0.25, -0.2) is 4.79 Å². The number of carboxylic acids is 1. The summed E-state index contributed by atoms with van der Waals surface area (Å²) in [6.45, 7) is 14.0. The Bertz CT molecular complexity index is 1180. The Morgan fingerprint density at radius 3 is 2.33 bits per heavy atom. The number of hydrogen-bond acceptors (Lipinski definition) is 8. The standard InChI is InChI=1S/C22H35BrN6O6Si/c1-22(2,3)35-21(33)27-9-7-26(8-10-27)17-15(13-16(30)31)28(14-34-11-12-36(4,5)6)20-24-19(23)25-29(20)18(17)32/h7-14H2,1-6H3,(H,30,31). The fraction of sp³-hybridized carbons (Fsp3) is 0.682. The van der Waals surface area contributed by atoms with Crippen molar-refractivity contribution in [3.8, 4) is 0 Å². The van der Waals surface area contributed by atoms with E-state index in [4.69, 9.17) is 9.47 Å². The fourth-order valence-corrected chi connectivity index (χ4v) is 4.89. The van der Waals surface area contributed by atoms with E-state index in [1.165, 1.54) is 0 Å². The topological polar surface area (TPSA) is 132 Å². The van der Waals surface area contributed by atoms with Crippen LogP contribution in [0.4, 0.5) is 10.5 Å². The number of ether oxygens (including phenoxy) is 2. The number of carbonyl (C=O) groups excluding carboxylic acids is 1. The summed E-state index contributed by atoms with van der Waals surface area (Å²) in [5.41, 5.74) is -0.570. The van der Waals surface area contributed by atoms with Gasteiger partial charge in [-0.1, -0.05) is 19.6 Å². The molecule has 2 aromatic rings. The van der Waals surface area contributed by atoms with Gasteiger partial charge in [-0.2, -0.15) is 9.50 Å². The number of halogens is 1. The van der Waals surface area contributed by atoms with Crippen LogP contribution in [-0.2, 0) is 27.4 Å². The van der Waals surface area contributed by atoms with E-state index in [9.17, 15) is 19.5 Å². The van der Waals surface area contributed by atoms with Crippen LogP contribution in [0.3, 0.4) is 0 Å². The maximum Gasteiger partial charge on any atom is 0.410 e. The molecule has 1 aliphatic rings. The first-order chi connectivity index (χ1) is 16.7. The molecule has 0 radical (unpaired) electrons. The van der Waals surface area contributed by atoms with Crippen LogP contribution in [0.5, 0.6) is 0 Å². The minimum absolute atomic E-state index is 0.0346. The van der Waals surface area contributed by atoms with Gasteiger partial charge in [-0.3, -0.25) is 14.2 Å². The number of hydrogen-bond donors (Lipinski definition) is 1. The van der Waals surface area contributed by atoms with Crippen molar-refractivity contribution in [2.24, 2.45) is 0 Å². The van der Waals surface area contributed by atoms with Crippen molar-refractivity contribution in [1.82, 2.24) is 24.1 Å². The van der Waals surface area contributed by atoms with Gasteiger partial charge in [-0.15, -0.1) is 5.10 Å². The monoisotopic (exact) mass is 586 g/mol. The third kappa shape index (κ3) is 7.07. The molecule has 200 valence electrons. The Kier molecular flexibility index (Phi) is 8.50. The van der Waals surface area contributed by atoms with Crippen molar-refractivity contribution in [3.63, 3.8) is 0 Å². The van der Waals surface area contributed by atoms with E-state index in [0.717, 1.165) is 10.6 Å². The Morgan fingerprint density at radius 2 is 1.78 bits per heavy atom. The molecule has 0 bridgehead atoms. The minimum Gasteiger partial charge on any atom is -0.481 e. The zero-order valence-corrected chi connectivity index (χ0v) is 24.3. The minimum atomic E-state index is -1.33. The highest BCUT2D eigenvalue weighted by Crippen LogP contribution is 2.23. The number of anilines is 1. The summed E-state index contributed by atoms with van der Waals surface area (Å²) in [7, 11) is -1.33. The van der Waals surface area contributed by atoms with Crippen molar-refractivity contribution in [1.29, 1.82) is 0 Å². The first kappa shape index (κ1) is 28.1. The van der Waals surface area contributed by atoms with Crippen molar-refractivity contribution >= 4 is 47.5 Å². The molecule has 1 fully saturated rings. The molecule has 1 aliphatic heterocycles. The van der Waals surface area contributed by atoms with E-state index in [2.05, 4.69) is 45.7 Å². The molecule has 3 heterocycles. The number of aromatic nitrogens is 4. The number of rotatable bonds is 8. The van der Waals surface area contributed by atoms with Crippen molar-refractivity contribution in [2.75, 3.05) is 37.7 Å². The number of amides is 1. The molecule has 14 heteroatoms. The molecule has 0 aliphatic carbocycles. The molecular weight excluding hydrogens is 552 g/mol. The molecule has 0 unspecified atom stereocenters. The zero-order valence-electron chi connectivity index (χ0n) is 21.7. The zero-order chi connectivity index (χ0) is 26.8. The second-order valence-electron chi connectivity index (χ2n) is 11.0. The second-order valence-corrected chi connectivity index (χ2v) is 17.3. The van der Waals surface area contributed by atoms with Gasteiger partial charge in [0.1, 0.15) is 18.0 Å². The molecule has 0 aromatic carbocycles. The predicted octanol–water partition coefficient (Wildman–Crippen LogP) is 2.65. The summed E-state index contributed by atoms with van der Waals surface area (Å²) in [5, 5.41) is 13.9. The van der Waals surface area contributed by atoms with Crippen LogP contribution in [0.1, 0.15) is 26.5 Å². The molecule has 0 spiro atoms. The summed E-state index contributed by atoms with van der Waals surface area (Å²) in [4.78, 5) is 45.5. The Hall–Kier alpha value is -2.45. The molecule has 1 N–H and O–H groups in total. The Balaban J connectivity index is 1.96. The number of fused-ring (bicyclic) bond motifs is 1. The first-order valence-corrected chi connectivity index (χ1v) is 16.4. The van der Waals surface area contributed by atoms with Crippen LogP contribution < -0.4 is 10.5 Å². The maximum atomic E-state index is 13.5. The highest BCUT2D eigenvalue weighted by atomic mass is 79.9. The molecule has 36 heavy (non-hydrogen) atoms. The quantitative estimate of drug-likeness (QED) is 0.366. The first-order valence-electron chi connectivity index (χ1n) is 11.9. The molecule has 3 rings (SSSR count). The number of carboxylic acid groups (broad SMARTS) is 1. The van der Waals surface area contributed by atoms with Crippen LogP contribution in [0.15, 0.2) is 9.53 Å². The van der Waals surface area contributed by atoms with Crippen LogP contribution in [0.2, 0.25) is 25.7 Å². The molecule has 12 nitrogen and oxygen atoms in total. The lowest BCUT2D eigenvalue weighted by Gasteiger charge is -2.37. The van der Waals surface area contributed by atoms with E-state index in [1.54, 1.807) is 35.1 Å². The largest absolute Gasteiger partial charge is 0.481 e. The summed E-state index contributed by atoms with van der Waals surface area (Å²) in [5.74, 6) is -0.880. The van der Waals surface area contributed by atoms with Gasteiger partial charge in [-0.05, 0) is 42.7 Å². The predicted molar refractivity (Wildman–Crippen MR) is 140 cm³/mol. The average molecular weight is 588 g/mol. The van der Waals surface area contributed by atoms with E-state index in [0.29, 0.717) is 38.5 Å². The third-order valence-electron chi connectivity index (χ3n) is 5.58. The maximum absolute atomic E-state index is 13.5. The van der Waals surface area contributed by atoms with Gasteiger partial charge < -0.3 is 24.4 Å². The van der Waals surface area contributed by atoms with Crippen molar-refractivity contribution < 1.29 is 24.2 Å². The van der Waals surface area contributed by atoms with Gasteiger partial charge in [0.25, 0.3) is 5.56 Å². The average Bonchev–Trinajstić information content (AvgIpc) is 3.13. The molecule has 1 saturated heterocycles. The van der Waals surface area contributed by atoms with Gasteiger partial charge in [0.15, 0.2) is 0 Å². The fourth-order valence-electron chi connectivity index (χ4n) is 3.81. The lowest BCUT2D eigenvalue weighted by atomic mass is 10.2. The Morgan fingerprint density at radius 1 is 1.14 bits per heavy atom. The molecule has 2 aromatic heterocycles. The number of nitrogens with zero attached hydrogens (tertiary/aromatic N) is 6. The third-order valence-corrected chi connectivity index (χ3v) is 7.62. The van der Waals surface area contributed by atoms with E-state index in [-0.39, 0.29) is 22.9 Å². The SMILES string of the molecule is CC(C)(C)OC(=O)N1CCN(c2c(CC(=O)O)n(COCC[Si](C)(C)C)c3nc(Br)nn3c2=O)CC1. The second kappa shape index (κ2) is 10.9. The van der Waals surface area contributed by atoms with E-state index >= 15 is 0 Å². The molecule has 0 atom stereocenters. The highest BCUT2D eigenvalue weighted by Gasteiger charge is 2.31. The van der Waals surface area contributed by atoms with Crippen LogP contribution >= 0.6 is 15.9 Å². The normalized spacial score (nSPS) is 15.0. The molecular formula is C22H35BrN6O6Si. The van der Waals surface area contributed by atoms with E-state index in [1.807, 2.05) is 0 Å². The lowest BCUT2D eigenvalue weighted by molar-refractivity contribution is -0.136.